The molecule has 3 N–H and O–H groups in total. The number of ether oxygens (including phenoxy) is 2. The molecule has 1 rings (SSSR count). The third-order valence-corrected chi connectivity index (χ3v) is 4.26. The van der Waals surface area contributed by atoms with Crippen molar-refractivity contribution in [3.05, 3.63) is 23.2 Å². The van der Waals surface area contributed by atoms with Crippen molar-refractivity contribution in [3.8, 4) is 5.75 Å². The highest BCUT2D eigenvalue weighted by atomic mass is 35.5. The van der Waals surface area contributed by atoms with E-state index in [0.717, 1.165) is 0 Å². The van der Waals surface area contributed by atoms with Crippen LogP contribution >= 0.6 is 24.0 Å². The Labute approximate surface area is 149 Å². The van der Waals surface area contributed by atoms with Crippen LogP contribution in [0.15, 0.2) is 18.2 Å². The van der Waals surface area contributed by atoms with E-state index in [9.17, 15) is 4.79 Å². The van der Waals surface area contributed by atoms with Gasteiger partial charge in [0.2, 0.25) is 5.91 Å². The summed E-state index contributed by atoms with van der Waals surface area (Å²) in [4.78, 5) is 12.5. The zero-order valence-corrected chi connectivity index (χ0v) is 15.4. The first kappa shape index (κ1) is 22.0. The van der Waals surface area contributed by atoms with Gasteiger partial charge in [0.25, 0.3) is 0 Å². The van der Waals surface area contributed by atoms with Crippen LogP contribution in [-0.2, 0) is 9.53 Å². The Bertz CT molecular complexity index is 486. The van der Waals surface area contributed by atoms with Gasteiger partial charge in [0.15, 0.2) is 0 Å². The number of amides is 1. The summed E-state index contributed by atoms with van der Waals surface area (Å²) in [6, 6.07) is 5.17. The van der Waals surface area contributed by atoms with Gasteiger partial charge in [-0.05, 0) is 31.0 Å². The Morgan fingerprint density at radius 3 is 2.43 bits per heavy atom. The average molecular weight is 365 g/mol. The summed E-state index contributed by atoms with van der Waals surface area (Å²) in [5, 5.41) is 3.33. The van der Waals surface area contributed by atoms with Crippen LogP contribution < -0.4 is 15.8 Å². The van der Waals surface area contributed by atoms with Crippen LogP contribution in [0.5, 0.6) is 5.75 Å². The maximum absolute atomic E-state index is 12.5. The highest BCUT2D eigenvalue weighted by molar-refractivity contribution is 6.32. The molecular formula is C16H26Cl2N2O3. The molecule has 0 radical (unpaired) electrons. The molecule has 1 amide bonds. The van der Waals surface area contributed by atoms with Crippen molar-refractivity contribution in [2.45, 2.75) is 26.7 Å². The lowest BCUT2D eigenvalue weighted by Crippen LogP contribution is -2.41. The normalized spacial score (nSPS) is 10.8. The van der Waals surface area contributed by atoms with Crippen molar-refractivity contribution < 1.29 is 14.3 Å². The van der Waals surface area contributed by atoms with E-state index >= 15 is 0 Å². The summed E-state index contributed by atoms with van der Waals surface area (Å²) in [5.74, 6) is 0.483. The number of benzene rings is 1. The van der Waals surface area contributed by atoms with Crippen LogP contribution in [-0.4, -0.2) is 32.8 Å². The largest absolute Gasteiger partial charge is 0.490 e. The molecule has 0 fully saturated rings. The van der Waals surface area contributed by atoms with E-state index in [0.29, 0.717) is 49.1 Å². The predicted octanol–water partition coefficient (Wildman–Crippen LogP) is 3.49. The highest BCUT2D eigenvalue weighted by Gasteiger charge is 2.33. The van der Waals surface area contributed by atoms with Gasteiger partial charge in [-0.2, -0.15) is 0 Å². The van der Waals surface area contributed by atoms with Crippen molar-refractivity contribution in [2.24, 2.45) is 11.1 Å². The Morgan fingerprint density at radius 1 is 1.30 bits per heavy atom. The SMILES string of the molecule is CCC(CC)(CN)C(=O)Nc1ccc(OCCOC)c(Cl)c1.Cl. The molecule has 0 aromatic heterocycles. The molecule has 0 atom stereocenters. The van der Waals surface area contributed by atoms with E-state index in [4.69, 9.17) is 26.8 Å². The topological polar surface area (TPSA) is 73.6 Å². The van der Waals surface area contributed by atoms with Crippen molar-refractivity contribution in [1.29, 1.82) is 0 Å². The van der Waals surface area contributed by atoms with E-state index in [1.54, 1.807) is 25.3 Å². The molecule has 0 aliphatic heterocycles. The fraction of sp³-hybridized carbons (Fsp3) is 0.562. The molecule has 0 aliphatic rings. The molecule has 0 heterocycles. The molecule has 7 heteroatoms. The molecule has 1 aromatic carbocycles. The first-order valence-corrected chi connectivity index (χ1v) is 7.83. The molecule has 0 bridgehead atoms. The molecule has 0 aliphatic carbocycles. The van der Waals surface area contributed by atoms with Gasteiger partial charge in [-0.3, -0.25) is 4.79 Å². The summed E-state index contributed by atoms with van der Waals surface area (Å²) < 4.78 is 10.4. The summed E-state index contributed by atoms with van der Waals surface area (Å²) in [6.07, 6.45) is 1.38. The molecular weight excluding hydrogens is 339 g/mol. The van der Waals surface area contributed by atoms with Gasteiger partial charge in [0.05, 0.1) is 17.0 Å². The monoisotopic (exact) mass is 364 g/mol. The third-order valence-electron chi connectivity index (χ3n) is 3.96. The molecule has 0 saturated heterocycles. The van der Waals surface area contributed by atoms with Crippen molar-refractivity contribution in [3.63, 3.8) is 0 Å². The Morgan fingerprint density at radius 2 is 1.96 bits per heavy atom. The zero-order chi connectivity index (χ0) is 16.6. The number of hydrogen-bond acceptors (Lipinski definition) is 4. The summed E-state index contributed by atoms with van der Waals surface area (Å²) in [7, 11) is 1.61. The number of methoxy groups -OCH3 is 1. The zero-order valence-electron chi connectivity index (χ0n) is 13.9. The Balaban J connectivity index is 0.00000484. The molecule has 5 nitrogen and oxygen atoms in total. The second-order valence-corrected chi connectivity index (χ2v) is 5.54. The number of anilines is 1. The number of halogens is 2. The number of hydrogen-bond donors (Lipinski definition) is 2. The van der Waals surface area contributed by atoms with Gasteiger partial charge < -0.3 is 20.5 Å². The molecule has 0 saturated carbocycles. The third kappa shape index (κ3) is 5.84. The first-order chi connectivity index (χ1) is 10.5. The standard InChI is InChI=1S/C16H25ClN2O3.ClH/c1-4-16(5-2,11-18)15(20)19-12-6-7-14(13(17)10-12)22-9-8-21-3;/h6-7,10H,4-5,8-9,11,18H2,1-3H3,(H,19,20);1H. The number of nitrogens with two attached hydrogens (primary N) is 1. The van der Waals surface area contributed by atoms with Crippen LogP contribution in [0.4, 0.5) is 5.69 Å². The summed E-state index contributed by atoms with van der Waals surface area (Å²) in [6.45, 7) is 5.16. The average Bonchev–Trinajstić information content (AvgIpc) is 2.52. The fourth-order valence-electron chi connectivity index (χ4n) is 2.15. The lowest BCUT2D eigenvalue weighted by Gasteiger charge is -2.28. The van der Waals surface area contributed by atoms with Gasteiger partial charge in [0, 0.05) is 19.3 Å². The van der Waals surface area contributed by atoms with Crippen LogP contribution in [0.3, 0.4) is 0 Å². The van der Waals surface area contributed by atoms with Gasteiger partial charge in [0.1, 0.15) is 12.4 Å². The maximum atomic E-state index is 12.5. The summed E-state index contributed by atoms with van der Waals surface area (Å²) in [5.41, 5.74) is 5.88. The van der Waals surface area contributed by atoms with Crippen molar-refractivity contribution in [1.82, 2.24) is 0 Å². The van der Waals surface area contributed by atoms with Gasteiger partial charge in [-0.25, -0.2) is 0 Å². The minimum Gasteiger partial charge on any atom is -0.490 e. The van der Waals surface area contributed by atoms with Gasteiger partial charge in [-0.1, -0.05) is 25.4 Å². The van der Waals surface area contributed by atoms with Gasteiger partial charge >= 0.3 is 0 Å². The smallest absolute Gasteiger partial charge is 0.231 e. The van der Waals surface area contributed by atoms with Crippen molar-refractivity contribution in [2.75, 3.05) is 32.2 Å². The highest BCUT2D eigenvalue weighted by Crippen LogP contribution is 2.30. The lowest BCUT2D eigenvalue weighted by atomic mass is 9.81. The molecule has 0 spiro atoms. The van der Waals surface area contributed by atoms with Crippen LogP contribution in [0.1, 0.15) is 26.7 Å². The quantitative estimate of drug-likeness (QED) is 0.657. The molecule has 132 valence electrons. The Hall–Kier alpha value is -1.01. The molecule has 0 unspecified atom stereocenters. The number of nitrogens with one attached hydrogen (secondary N) is 1. The van der Waals surface area contributed by atoms with Crippen LogP contribution in [0.2, 0.25) is 5.02 Å². The van der Waals surface area contributed by atoms with Crippen LogP contribution in [0.25, 0.3) is 0 Å². The summed E-state index contributed by atoms with van der Waals surface area (Å²) >= 11 is 6.17. The van der Waals surface area contributed by atoms with E-state index in [1.165, 1.54) is 0 Å². The molecule has 23 heavy (non-hydrogen) atoms. The second-order valence-electron chi connectivity index (χ2n) is 5.13. The lowest BCUT2D eigenvalue weighted by molar-refractivity contribution is -0.125. The van der Waals surface area contributed by atoms with E-state index in [2.05, 4.69) is 5.32 Å². The minimum absolute atomic E-state index is 0. The Kier molecular flexibility index (Phi) is 10.2. The second kappa shape index (κ2) is 10.7. The number of carbonyl (C=O) groups excluding carboxylic acids is 1. The maximum Gasteiger partial charge on any atom is 0.231 e. The van der Waals surface area contributed by atoms with Gasteiger partial charge in [-0.15, -0.1) is 12.4 Å². The number of rotatable bonds is 9. The van der Waals surface area contributed by atoms with E-state index < -0.39 is 5.41 Å². The van der Waals surface area contributed by atoms with E-state index in [-0.39, 0.29) is 18.3 Å². The molecule has 1 aromatic rings. The van der Waals surface area contributed by atoms with Crippen LogP contribution in [0, 0.1) is 5.41 Å². The predicted molar refractivity (Wildman–Crippen MR) is 96.8 cm³/mol. The first-order valence-electron chi connectivity index (χ1n) is 7.45. The minimum atomic E-state index is -0.542. The van der Waals surface area contributed by atoms with E-state index in [1.807, 2.05) is 13.8 Å². The fourth-order valence-corrected chi connectivity index (χ4v) is 2.38. The van der Waals surface area contributed by atoms with Crippen molar-refractivity contribution >= 4 is 35.6 Å². The number of carbonyl (C=O) groups is 1.